The molecule has 0 aliphatic carbocycles. The first kappa shape index (κ1) is 27.1. The lowest BCUT2D eigenvalue weighted by molar-refractivity contribution is -0.113. The van der Waals surface area contributed by atoms with Gasteiger partial charge in [-0.25, -0.2) is 18.4 Å². The Bertz CT molecular complexity index is 1730. The lowest BCUT2D eigenvalue weighted by Gasteiger charge is -2.11. The minimum absolute atomic E-state index is 0.0328. The van der Waals surface area contributed by atoms with Crippen molar-refractivity contribution in [1.29, 1.82) is 0 Å². The molecule has 204 valence electrons. The monoisotopic (exact) mass is 575 g/mol. The van der Waals surface area contributed by atoms with Gasteiger partial charge in [0.25, 0.3) is 10.0 Å². The van der Waals surface area contributed by atoms with Crippen LogP contribution in [0.1, 0.15) is 17.1 Å². The van der Waals surface area contributed by atoms with Crippen molar-refractivity contribution in [3.63, 3.8) is 0 Å². The van der Waals surface area contributed by atoms with Gasteiger partial charge in [-0.2, -0.15) is 0 Å². The maximum Gasteiger partial charge on any atom is 0.263 e. The first-order valence-corrected chi connectivity index (χ1v) is 14.6. The number of nitrogens with zero attached hydrogens (tertiary/aromatic N) is 5. The van der Waals surface area contributed by atoms with Gasteiger partial charge in [-0.05, 0) is 69.3 Å². The molecule has 0 aliphatic rings. The highest BCUT2D eigenvalue weighted by Crippen LogP contribution is 2.28. The fourth-order valence-corrected chi connectivity index (χ4v) is 5.61. The summed E-state index contributed by atoms with van der Waals surface area (Å²) in [7, 11) is -3.87. The summed E-state index contributed by atoms with van der Waals surface area (Å²) in [5.74, 6) is 1.49. The molecule has 0 spiro atoms. The van der Waals surface area contributed by atoms with Crippen molar-refractivity contribution >= 4 is 39.2 Å². The Kier molecular flexibility index (Phi) is 7.67. The summed E-state index contributed by atoms with van der Waals surface area (Å²) < 4.78 is 35.4. The first-order chi connectivity index (χ1) is 19.2. The van der Waals surface area contributed by atoms with E-state index in [1.54, 1.807) is 38.3 Å². The third kappa shape index (κ3) is 6.21. The number of thioether (sulfide) groups is 1. The van der Waals surface area contributed by atoms with E-state index in [1.807, 2.05) is 35.8 Å². The van der Waals surface area contributed by atoms with Gasteiger partial charge < -0.3 is 9.73 Å². The molecular weight excluding hydrogens is 550 g/mol. The summed E-state index contributed by atoms with van der Waals surface area (Å²) in [4.78, 5) is 21.0. The molecule has 5 aromatic rings. The van der Waals surface area contributed by atoms with Crippen LogP contribution in [0.25, 0.3) is 17.3 Å². The highest BCUT2D eigenvalue weighted by molar-refractivity contribution is 7.99. The third-order valence-corrected chi connectivity index (χ3v) is 7.95. The fraction of sp³-hybridized carbons (Fsp3) is 0.148. The molecule has 0 unspecified atom stereocenters. The minimum atomic E-state index is -3.87. The van der Waals surface area contributed by atoms with Crippen molar-refractivity contribution in [2.45, 2.75) is 30.8 Å². The molecule has 0 radical (unpaired) electrons. The highest BCUT2D eigenvalue weighted by atomic mass is 32.2. The van der Waals surface area contributed by atoms with Gasteiger partial charge in [-0.15, -0.1) is 10.2 Å². The van der Waals surface area contributed by atoms with Crippen LogP contribution in [0, 0.1) is 20.8 Å². The Morgan fingerprint density at radius 1 is 0.975 bits per heavy atom. The molecule has 0 aliphatic heterocycles. The summed E-state index contributed by atoms with van der Waals surface area (Å²) >= 11 is 1.22. The van der Waals surface area contributed by atoms with Gasteiger partial charge in [0.1, 0.15) is 11.6 Å². The summed E-state index contributed by atoms with van der Waals surface area (Å²) in [5, 5.41) is 11.9. The Morgan fingerprint density at radius 2 is 1.73 bits per heavy atom. The summed E-state index contributed by atoms with van der Waals surface area (Å²) in [6, 6.07) is 18.9. The predicted octanol–water partition coefficient (Wildman–Crippen LogP) is 4.77. The van der Waals surface area contributed by atoms with Crippen LogP contribution >= 0.6 is 11.8 Å². The number of hydrogen-bond donors (Lipinski definition) is 2. The van der Waals surface area contributed by atoms with Gasteiger partial charge in [0.05, 0.1) is 16.9 Å². The van der Waals surface area contributed by atoms with Gasteiger partial charge in [-0.3, -0.25) is 14.1 Å². The first-order valence-electron chi connectivity index (χ1n) is 12.1. The zero-order valence-corrected chi connectivity index (χ0v) is 23.5. The van der Waals surface area contributed by atoms with E-state index in [4.69, 9.17) is 4.42 Å². The van der Waals surface area contributed by atoms with Crippen molar-refractivity contribution in [2.24, 2.45) is 0 Å². The normalized spacial score (nSPS) is 11.4. The summed E-state index contributed by atoms with van der Waals surface area (Å²) in [5.41, 5.74) is 3.05. The van der Waals surface area contributed by atoms with Gasteiger partial charge in [-0.1, -0.05) is 29.5 Å². The zero-order valence-electron chi connectivity index (χ0n) is 21.8. The molecule has 0 saturated carbocycles. The Morgan fingerprint density at radius 3 is 2.40 bits per heavy atom. The second-order valence-electron chi connectivity index (χ2n) is 8.86. The molecular formula is C27H25N7O4S2. The van der Waals surface area contributed by atoms with Gasteiger partial charge in [0, 0.05) is 23.1 Å². The molecule has 2 aromatic carbocycles. The van der Waals surface area contributed by atoms with Crippen LogP contribution in [0.15, 0.2) is 87.5 Å². The Hall–Kier alpha value is -4.49. The lowest BCUT2D eigenvalue weighted by Crippen LogP contribution is -2.16. The second kappa shape index (κ2) is 11.3. The molecule has 2 N–H and O–H groups in total. The third-order valence-electron chi connectivity index (χ3n) is 5.65. The summed E-state index contributed by atoms with van der Waals surface area (Å²) in [6.45, 7) is 5.44. The van der Waals surface area contributed by atoms with E-state index in [-0.39, 0.29) is 22.4 Å². The van der Waals surface area contributed by atoms with Crippen LogP contribution in [-0.4, -0.2) is 44.8 Å². The molecule has 0 atom stereocenters. The Balaban J connectivity index is 1.26. The van der Waals surface area contributed by atoms with Crippen LogP contribution in [0.5, 0.6) is 0 Å². The van der Waals surface area contributed by atoms with Gasteiger partial charge in [0.2, 0.25) is 11.7 Å². The molecule has 3 heterocycles. The van der Waals surface area contributed by atoms with E-state index < -0.39 is 10.0 Å². The number of aryl methyl sites for hydroxylation is 3. The average molecular weight is 576 g/mol. The van der Waals surface area contributed by atoms with Gasteiger partial charge in [0.15, 0.2) is 10.9 Å². The zero-order chi connectivity index (χ0) is 28.3. The number of benzene rings is 2. The lowest BCUT2D eigenvalue weighted by atomic mass is 10.2. The molecule has 13 heteroatoms. The van der Waals surface area contributed by atoms with E-state index in [9.17, 15) is 13.2 Å². The van der Waals surface area contributed by atoms with E-state index >= 15 is 0 Å². The number of hydrogen-bond acceptors (Lipinski definition) is 9. The smallest absolute Gasteiger partial charge is 0.263 e. The van der Waals surface area contributed by atoms with Gasteiger partial charge >= 0.3 is 0 Å². The highest BCUT2D eigenvalue weighted by Gasteiger charge is 2.20. The second-order valence-corrected chi connectivity index (χ2v) is 11.5. The SMILES string of the molecule is Cc1ccc(-n2c(SCC(=O)Nc3ccc(S(=O)(=O)Nc4cc(C)nc(C)n4)cc3)nnc2-c2ccco2)cc1. The van der Waals surface area contributed by atoms with Crippen LogP contribution in [-0.2, 0) is 14.8 Å². The van der Waals surface area contributed by atoms with Crippen LogP contribution in [0.3, 0.4) is 0 Å². The number of nitrogens with one attached hydrogen (secondary N) is 2. The van der Waals surface area contributed by atoms with Crippen molar-refractivity contribution in [3.8, 4) is 17.3 Å². The van der Waals surface area contributed by atoms with Crippen molar-refractivity contribution in [1.82, 2.24) is 24.7 Å². The van der Waals surface area contributed by atoms with Crippen LogP contribution < -0.4 is 10.0 Å². The maximum absolute atomic E-state index is 12.8. The number of sulfonamides is 1. The summed E-state index contributed by atoms with van der Waals surface area (Å²) in [6.07, 6.45) is 1.56. The molecule has 1 amide bonds. The quantitative estimate of drug-likeness (QED) is 0.237. The molecule has 11 nitrogen and oxygen atoms in total. The van der Waals surface area contributed by atoms with Crippen LogP contribution in [0.4, 0.5) is 11.5 Å². The fourth-order valence-electron chi connectivity index (χ4n) is 3.87. The average Bonchev–Trinajstić information content (AvgIpc) is 3.58. The van der Waals surface area contributed by atoms with E-state index in [2.05, 4.69) is 30.2 Å². The maximum atomic E-state index is 12.8. The number of furan rings is 1. The van der Waals surface area contributed by atoms with Crippen molar-refractivity contribution in [2.75, 3.05) is 15.8 Å². The van der Waals surface area contributed by atoms with E-state index in [0.29, 0.717) is 33.9 Å². The number of aromatic nitrogens is 5. The number of carbonyl (C=O) groups is 1. The van der Waals surface area contributed by atoms with E-state index in [1.165, 1.54) is 36.0 Å². The molecule has 0 saturated heterocycles. The number of rotatable bonds is 9. The molecule has 3 aromatic heterocycles. The van der Waals surface area contributed by atoms with E-state index in [0.717, 1.165) is 11.3 Å². The molecule has 40 heavy (non-hydrogen) atoms. The molecule has 0 fully saturated rings. The predicted molar refractivity (Wildman–Crippen MR) is 152 cm³/mol. The minimum Gasteiger partial charge on any atom is -0.461 e. The van der Waals surface area contributed by atoms with Crippen molar-refractivity contribution < 1.29 is 17.6 Å². The molecule has 5 rings (SSSR count). The van der Waals surface area contributed by atoms with Crippen molar-refractivity contribution in [3.05, 3.63) is 90.1 Å². The topological polar surface area (TPSA) is 145 Å². The number of anilines is 2. The number of carbonyl (C=O) groups excluding carboxylic acids is 1. The number of amides is 1. The van der Waals surface area contributed by atoms with Crippen LogP contribution in [0.2, 0.25) is 0 Å². The molecule has 0 bridgehead atoms. The Labute approximate surface area is 235 Å². The standard InChI is InChI=1S/C27H25N7O4S2/c1-17-6-10-21(11-7-17)34-26(23-5-4-14-38-23)31-32-27(34)39-16-25(35)30-20-8-12-22(13-9-20)40(36,37)33-24-15-18(2)28-19(3)29-24/h4-15H,16H2,1-3H3,(H,30,35)(H,28,29,33). The largest absolute Gasteiger partial charge is 0.461 e.